The Morgan fingerprint density at radius 2 is 2.15 bits per heavy atom. The van der Waals surface area contributed by atoms with Crippen LogP contribution in [0.15, 0.2) is 30.3 Å². The number of benzene rings is 2. The molecule has 1 heterocycles. The highest BCUT2D eigenvalue weighted by molar-refractivity contribution is 7.22. The second-order valence-electron chi connectivity index (χ2n) is 5.62. The average molecular weight is 372 g/mol. The van der Waals surface area contributed by atoms with Gasteiger partial charge in [0.25, 0.3) is 0 Å². The molecule has 0 saturated heterocycles. The minimum atomic E-state index is -0.764. The molecule has 0 aliphatic carbocycles. The molecule has 0 fully saturated rings. The number of halogens is 2. The fourth-order valence-electron chi connectivity index (χ4n) is 2.42. The monoisotopic (exact) mass is 372 g/mol. The van der Waals surface area contributed by atoms with Gasteiger partial charge in [0, 0.05) is 5.69 Å². The zero-order valence-corrected chi connectivity index (χ0v) is 14.6. The number of thiazole rings is 1. The number of anilines is 2. The van der Waals surface area contributed by atoms with Crippen molar-refractivity contribution in [1.82, 2.24) is 4.98 Å². The molecule has 0 aliphatic heterocycles. The molecule has 26 heavy (non-hydrogen) atoms. The summed E-state index contributed by atoms with van der Waals surface area (Å²) in [6.07, 6.45) is 0. The van der Waals surface area contributed by atoms with E-state index in [1.165, 1.54) is 6.07 Å². The molecule has 0 unspecified atom stereocenters. The van der Waals surface area contributed by atoms with Crippen LogP contribution in [0.4, 0.5) is 19.6 Å². The van der Waals surface area contributed by atoms with Gasteiger partial charge in [-0.05, 0) is 48.4 Å². The number of nitrogens with zero attached hydrogens (tertiary/aromatic N) is 2. The van der Waals surface area contributed by atoms with Crippen LogP contribution in [0, 0.1) is 24.1 Å². The molecular formula is C18H14F2N4OS. The van der Waals surface area contributed by atoms with Gasteiger partial charge in [0.15, 0.2) is 10.9 Å². The van der Waals surface area contributed by atoms with Crippen LogP contribution in [0.2, 0.25) is 0 Å². The van der Waals surface area contributed by atoms with Gasteiger partial charge in [-0.1, -0.05) is 11.3 Å². The third kappa shape index (κ3) is 3.78. The predicted octanol–water partition coefficient (Wildman–Crippen LogP) is 4.14. The molecule has 8 heteroatoms. The minimum Gasteiger partial charge on any atom is -0.376 e. The summed E-state index contributed by atoms with van der Waals surface area (Å²) in [6.45, 7) is 1.03. The molecule has 0 radical (unpaired) electrons. The van der Waals surface area contributed by atoms with E-state index >= 15 is 0 Å². The molecule has 132 valence electrons. The van der Waals surface area contributed by atoms with E-state index in [1.807, 2.05) is 6.92 Å². The molecule has 0 bridgehead atoms. The molecule has 1 aromatic heterocycles. The lowest BCUT2D eigenvalue weighted by Gasteiger charge is -2.07. The summed E-state index contributed by atoms with van der Waals surface area (Å²) >= 11 is 1.08. The number of amides is 1. The summed E-state index contributed by atoms with van der Waals surface area (Å²) < 4.78 is 27.1. The number of aromatic nitrogens is 1. The SMILES string of the molecule is Cc1cc(NCC(=O)Nc2nc3c(F)cc(CF)cc3s2)ccc1C#N. The molecule has 0 saturated carbocycles. The van der Waals surface area contributed by atoms with Crippen LogP contribution in [0.25, 0.3) is 10.2 Å². The minimum absolute atomic E-state index is 0.0144. The van der Waals surface area contributed by atoms with Crippen molar-refractivity contribution in [3.05, 3.63) is 52.8 Å². The van der Waals surface area contributed by atoms with Gasteiger partial charge in [-0.15, -0.1) is 0 Å². The van der Waals surface area contributed by atoms with Crippen molar-refractivity contribution in [3.63, 3.8) is 0 Å². The van der Waals surface area contributed by atoms with Gasteiger partial charge < -0.3 is 10.6 Å². The first kappa shape index (κ1) is 17.8. The quantitative estimate of drug-likeness (QED) is 0.706. The van der Waals surface area contributed by atoms with Crippen LogP contribution in [-0.2, 0) is 11.5 Å². The summed E-state index contributed by atoms with van der Waals surface area (Å²) in [5.74, 6) is -0.963. The molecule has 3 aromatic rings. The number of hydrogen-bond donors (Lipinski definition) is 2. The molecule has 0 spiro atoms. The Labute approximate surface area is 152 Å². The van der Waals surface area contributed by atoms with E-state index in [-0.39, 0.29) is 28.7 Å². The number of nitrogens with one attached hydrogen (secondary N) is 2. The Kier molecular flexibility index (Phi) is 5.09. The molecule has 0 aliphatic rings. The number of alkyl halides is 1. The first-order chi connectivity index (χ1) is 12.5. The molecule has 0 atom stereocenters. The van der Waals surface area contributed by atoms with Crippen LogP contribution in [0.1, 0.15) is 16.7 Å². The standard InChI is InChI=1S/C18H14F2N4OS/c1-10-4-13(3-2-12(10)8-21)22-9-16(25)23-18-24-17-14(20)5-11(7-19)6-15(17)26-18/h2-6,22H,7,9H2,1H3,(H,23,24,25). The van der Waals surface area contributed by atoms with Crippen molar-refractivity contribution in [3.8, 4) is 6.07 Å². The number of fused-ring (bicyclic) bond motifs is 1. The number of carbonyl (C=O) groups excluding carboxylic acids is 1. The summed E-state index contributed by atoms with van der Waals surface area (Å²) in [6, 6.07) is 9.86. The highest BCUT2D eigenvalue weighted by Crippen LogP contribution is 2.29. The fourth-order valence-corrected chi connectivity index (χ4v) is 3.38. The lowest BCUT2D eigenvalue weighted by atomic mass is 10.1. The second-order valence-corrected chi connectivity index (χ2v) is 6.65. The Balaban J connectivity index is 1.66. The van der Waals surface area contributed by atoms with Crippen molar-refractivity contribution < 1.29 is 13.6 Å². The largest absolute Gasteiger partial charge is 0.376 e. The Morgan fingerprint density at radius 3 is 2.85 bits per heavy atom. The number of hydrogen-bond acceptors (Lipinski definition) is 5. The van der Waals surface area contributed by atoms with Gasteiger partial charge in [0.2, 0.25) is 5.91 Å². The van der Waals surface area contributed by atoms with E-state index in [0.29, 0.717) is 16.0 Å². The Bertz CT molecular complexity index is 1030. The molecule has 5 nitrogen and oxygen atoms in total. The predicted molar refractivity (Wildman–Crippen MR) is 97.4 cm³/mol. The number of nitriles is 1. The van der Waals surface area contributed by atoms with Crippen LogP contribution < -0.4 is 10.6 Å². The first-order valence-electron chi connectivity index (χ1n) is 7.69. The van der Waals surface area contributed by atoms with Crippen molar-refractivity contribution in [2.24, 2.45) is 0 Å². The van der Waals surface area contributed by atoms with E-state index in [1.54, 1.807) is 18.2 Å². The summed E-state index contributed by atoms with van der Waals surface area (Å²) in [7, 11) is 0. The van der Waals surface area contributed by atoms with Crippen molar-refractivity contribution >= 4 is 38.3 Å². The average Bonchev–Trinajstić information content (AvgIpc) is 3.03. The second kappa shape index (κ2) is 7.45. The summed E-state index contributed by atoms with van der Waals surface area (Å²) in [5.41, 5.74) is 2.43. The van der Waals surface area contributed by atoms with Crippen molar-refractivity contribution in [1.29, 1.82) is 5.26 Å². The third-order valence-corrected chi connectivity index (χ3v) is 4.63. The van der Waals surface area contributed by atoms with Gasteiger partial charge in [-0.25, -0.2) is 13.8 Å². The highest BCUT2D eigenvalue weighted by atomic mass is 32.1. The number of carbonyl (C=O) groups is 1. The lowest BCUT2D eigenvalue weighted by Crippen LogP contribution is -2.21. The van der Waals surface area contributed by atoms with E-state index in [0.717, 1.165) is 23.0 Å². The smallest absolute Gasteiger partial charge is 0.245 e. The van der Waals surface area contributed by atoms with Crippen LogP contribution in [0.5, 0.6) is 0 Å². The maximum atomic E-state index is 13.9. The zero-order valence-electron chi connectivity index (χ0n) is 13.8. The first-order valence-corrected chi connectivity index (χ1v) is 8.51. The third-order valence-electron chi connectivity index (χ3n) is 3.71. The number of aryl methyl sites for hydroxylation is 1. The Morgan fingerprint density at radius 1 is 1.35 bits per heavy atom. The Hall–Kier alpha value is -3.05. The topological polar surface area (TPSA) is 77.8 Å². The zero-order chi connectivity index (χ0) is 18.7. The van der Waals surface area contributed by atoms with E-state index < -0.39 is 12.5 Å². The lowest BCUT2D eigenvalue weighted by molar-refractivity contribution is -0.114. The van der Waals surface area contributed by atoms with Gasteiger partial charge in [0.1, 0.15) is 12.2 Å². The molecule has 1 amide bonds. The maximum Gasteiger partial charge on any atom is 0.245 e. The van der Waals surface area contributed by atoms with Gasteiger partial charge >= 0.3 is 0 Å². The maximum absolute atomic E-state index is 13.9. The number of rotatable bonds is 5. The van der Waals surface area contributed by atoms with Gasteiger partial charge in [-0.2, -0.15) is 5.26 Å². The normalized spacial score (nSPS) is 10.5. The molecule has 3 rings (SSSR count). The highest BCUT2D eigenvalue weighted by Gasteiger charge is 2.12. The van der Waals surface area contributed by atoms with Crippen LogP contribution >= 0.6 is 11.3 Å². The van der Waals surface area contributed by atoms with E-state index in [2.05, 4.69) is 21.7 Å². The summed E-state index contributed by atoms with van der Waals surface area (Å²) in [4.78, 5) is 16.1. The molecular weight excluding hydrogens is 358 g/mol. The van der Waals surface area contributed by atoms with E-state index in [9.17, 15) is 13.6 Å². The van der Waals surface area contributed by atoms with Gasteiger partial charge in [-0.3, -0.25) is 4.79 Å². The van der Waals surface area contributed by atoms with Crippen molar-refractivity contribution in [2.75, 3.05) is 17.2 Å². The van der Waals surface area contributed by atoms with Gasteiger partial charge in [0.05, 0.1) is 22.9 Å². The molecule has 2 aromatic carbocycles. The summed E-state index contributed by atoms with van der Waals surface area (Å²) in [5, 5.41) is 14.7. The van der Waals surface area contributed by atoms with E-state index in [4.69, 9.17) is 5.26 Å². The fraction of sp³-hybridized carbons (Fsp3) is 0.167. The van der Waals surface area contributed by atoms with Crippen LogP contribution in [0.3, 0.4) is 0 Å². The van der Waals surface area contributed by atoms with Crippen LogP contribution in [-0.4, -0.2) is 17.4 Å². The molecule has 2 N–H and O–H groups in total. The van der Waals surface area contributed by atoms with Crippen molar-refractivity contribution in [2.45, 2.75) is 13.6 Å².